The second-order valence-electron chi connectivity index (χ2n) is 2.81. The molecule has 1 heterocycles. The van der Waals surface area contributed by atoms with Crippen molar-refractivity contribution < 1.29 is 9.90 Å². The Hall–Kier alpha value is -1.27. The SMILES string of the molecule is Brc1ccccc1Br.O=C(O)c1ccncn1. The lowest BCUT2D eigenvalue weighted by Crippen LogP contribution is -1.98. The van der Waals surface area contributed by atoms with Crippen molar-refractivity contribution in [1.82, 2.24) is 9.97 Å². The van der Waals surface area contributed by atoms with Gasteiger partial charge in [0, 0.05) is 15.1 Å². The van der Waals surface area contributed by atoms with E-state index in [0.29, 0.717) is 0 Å². The lowest BCUT2D eigenvalue weighted by Gasteiger charge is -1.89. The third-order valence-electron chi connectivity index (χ3n) is 1.63. The van der Waals surface area contributed by atoms with Crippen molar-refractivity contribution in [3.63, 3.8) is 0 Å². The zero-order chi connectivity index (χ0) is 12.7. The van der Waals surface area contributed by atoms with Crippen LogP contribution in [0.2, 0.25) is 0 Å². The fourth-order valence-electron chi connectivity index (χ4n) is 0.856. The predicted molar refractivity (Wildman–Crippen MR) is 70.8 cm³/mol. The van der Waals surface area contributed by atoms with Crippen LogP contribution in [-0.4, -0.2) is 21.0 Å². The van der Waals surface area contributed by atoms with Crippen molar-refractivity contribution >= 4 is 37.8 Å². The minimum absolute atomic E-state index is 0.0185. The van der Waals surface area contributed by atoms with Gasteiger partial charge < -0.3 is 5.11 Å². The van der Waals surface area contributed by atoms with Crippen molar-refractivity contribution in [1.29, 1.82) is 0 Å². The molecule has 0 radical (unpaired) electrons. The molecule has 0 saturated heterocycles. The van der Waals surface area contributed by atoms with Crippen LogP contribution in [0, 0.1) is 0 Å². The van der Waals surface area contributed by atoms with Gasteiger partial charge in [-0.05, 0) is 50.1 Å². The number of carboxylic acids is 1. The predicted octanol–water partition coefficient (Wildman–Crippen LogP) is 3.39. The lowest BCUT2D eigenvalue weighted by atomic mass is 10.4. The summed E-state index contributed by atoms with van der Waals surface area (Å²) in [6, 6.07) is 9.28. The van der Waals surface area contributed by atoms with Gasteiger partial charge in [-0.3, -0.25) is 0 Å². The van der Waals surface area contributed by atoms with Gasteiger partial charge in [-0.15, -0.1) is 0 Å². The molecule has 0 aliphatic heterocycles. The van der Waals surface area contributed by atoms with Gasteiger partial charge in [0.1, 0.15) is 6.33 Å². The third kappa shape index (κ3) is 5.06. The number of carbonyl (C=O) groups is 1. The zero-order valence-corrected chi connectivity index (χ0v) is 11.7. The van der Waals surface area contributed by atoms with Crippen LogP contribution in [0.4, 0.5) is 0 Å². The second kappa shape index (κ2) is 7.13. The summed E-state index contributed by atoms with van der Waals surface area (Å²) in [5, 5.41) is 8.29. The fraction of sp³-hybridized carbons (Fsp3) is 0. The first-order valence-corrected chi connectivity index (χ1v) is 6.09. The largest absolute Gasteiger partial charge is 0.477 e. The molecule has 0 fully saturated rings. The molecule has 1 aromatic carbocycles. The Balaban J connectivity index is 0.000000171. The van der Waals surface area contributed by atoms with Crippen LogP contribution < -0.4 is 0 Å². The number of rotatable bonds is 1. The van der Waals surface area contributed by atoms with Gasteiger partial charge in [-0.1, -0.05) is 12.1 Å². The maximum atomic E-state index is 10.1. The van der Waals surface area contributed by atoms with Crippen LogP contribution in [0.1, 0.15) is 10.5 Å². The van der Waals surface area contributed by atoms with E-state index in [0.717, 1.165) is 8.95 Å². The van der Waals surface area contributed by atoms with E-state index in [-0.39, 0.29) is 5.69 Å². The molecule has 6 heteroatoms. The highest BCUT2D eigenvalue weighted by atomic mass is 79.9. The molecule has 17 heavy (non-hydrogen) atoms. The maximum Gasteiger partial charge on any atom is 0.354 e. The first kappa shape index (κ1) is 13.8. The average Bonchev–Trinajstić information content (AvgIpc) is 2.35. The summed E-state index contributed by atoms with van der Waals surface area (Å²) in [5.41, 5.74) is 0.0185. The second-order valence-corrected chi connectivity index (χ2v) is 4.52. The van der Waals surface area contributed by atoms with E-state index in [4.69, 9.17) is 5.11 Å². The van der Waals surface area contributed by atoms with Crippen molar-refractivity contribution in [2.24, 2.45) is 0 Å². The molecule has 88 valence electrons. The Kier molecular flexibility index (Phi) is 5.79. The summed E-state index contributed by atoms with van der Waals surface area (Å²) in [7, 11) is 0. The molecule has 0 saturated carbocycles. The van der Waals surface area contributed by atoms with E-state index >= 15 is 0 Å². The quantitative estimate of drug-likeness (QED) is 0.847. The number of benzene rings is 1. The topological polar surface area (TPSA) is 63.1 Å². The number of carboxylic acid groups (broad SMARTS) is 1. The molecule has 2 aromatic rings. The van der Waals surface area contributed by atoms with Crippen molar-refractivity contribution in [2.75, 3.05) is 0 Å². The molecule has 0 aliphatic carbocycles. The molecule has 1 N–H and O–H groups in total. The molecule has 0 aliphatic rings. The summed E-state index contributed by atoms with van der Waals surface area (Å²) >= 11 is 6.70. The Labute approximate surface area is 115 Å². The number of aromatic carboxylic acids is 1. The highest BCUT2D eigenvalue weighted by Gasteiger charge is 1.99. The highest BCUT2D eigenvalue weighted by Crippen LogP contribution is 2.20. The molecule has 2 rings (SSSR count). The number of hydrogen-bond donors (Lipinski definition) is 1. The van der Waals surface area contributed by atoms with E-state index in [1.165, 1.54) is 18.6 Å². The van der Waals surface area contributed by atoms with Crippen LogP contribution in [0.15, 0.2) is 51.8 Å². The average molecular weight is 360 g/mol. The van der Waals surface area contributed by atoms with E-state index in [1.54, 1.807) is 0 Å². The summed E-state index contributed by atoms with van der Waals surface area (Å²) < 4.78 is 2.19. The minimum Gasteiger partial charge on any atom is -0.477 e. The standard InChI is InChI=1S/C6H4Br2.C5H4N2O2/c7-5-3-1-2-4-6(5)8;8-5(9)4-1-2-6-3-7-4/h1-4H;1-3H,(H,8,9). The van der Waals surface area contributed by atoms with Gasteiger partial charge in [-0.2, -0.15) is 0 Å². The number of hydrogen-bond acceptors (Lipinski definition) is 3. The number of aromatic nitrogens is 2. The minimum atomic E-state index is -1.03. The Morgan fingerprint density at radius 3 is 2.00 bits per heavy atom. The van der Waals surface area contributed by atoms with E-state index in [2.05, 4.69) is 41.8 Å². The Morgan fingerprint density at radius 2 is 1.71 bits per heavy atom. The van der Waals surface area contributed by atoms with Gasteiger partial charge in [0.2, 0.25) is 0 Å². The molecule has 0 atom stereocenters. The van der Waals surface area contributed by atoms with Crippen LogP contribution in [0.25, 0.3) is 0 Å². The fourth-order valence-corrected chi connectivity index (χ4v) is 1.43. The van der Waals surface area contributed by atoms with E-state index < -0.39 is 5.97 Å². The van der Waals surface area contributed by atoms with Crippen LogP contribution in [0.3, 0.4) is 0 Å². The van der Waals surface area contributed by atoms with Crippen molar-refractivity contribution in [3.05, 3.63) is 57.5 Å². The van der Waals surface area contributed by atoms with Gasteiger partial charge in [0.25, 0.3) is 0 Å². The summed E-state index contributed by atoms with van der Waals surface area (Å²) in [6.45, 7) is 0. The first-order valence-electron chi connectivity index (χ1n) is 4.50. The lowest BCUT2D eigenvalue weighted by molar-refractivity contribution is 0.0690. The first-order chi connectivity index (χ1) is 8.11. The highest BCUT2D eigenvalue weighted by molar-refractivity contribution is 9.13. The molecular weight excluding hydrogens is 352 g/mol. The van der Waals surface area contributed by atoms with Gasteiger partial charge in [0.05, 0.1) is 0 Å². The molecule has 0 bridgehead atoms. The number of nitrogens with zero attached hydrogens (tertiary/aromatic N) is 2. The third-order valence-corrected chi connectivity index (χ3v) is 3.54. The molecular formula is C11H8Br2N2O2. The van der Waals surface area contributed by atoms with Crippen LogP contribution in [-0.2, 0) is 0 Å². The smallest absolute Gasteiger partial charge is 0.354 e. The summed E-state index contributed by atoms with van der Waals surface area (Å²) in [4.78, 5) is 17.1. The van der Waals surface area contributed by atoms with Gasteiger partial charge in [-0.25, -0.2) is 14.8 Å². The molecule has 4 nitrogen and oxygen atoms in total. The molecule has 1 aromatic heterocycles. The molecule has 0 unspecified atom stereocenters. The maximum absolute atomic E-state index is 10.1. The van der Waals surface area contributed by atoms with E-state index in [1.807, 2.05) is 24.3 Å². The summed E-state index contributed by atoms with van der Waals surface area (Å²) in [6.07, 6.45) is 2.58. The van der Waals surface area contributed by atoms with E-state index in [9.17, 15) is 4.79 Å². The van der Waals surface area contributed by atoms with Gasteiger partial charge in [0.15, 0.2) is 5.69 Å². The van der Waals surface area contributed by atoms with Crippen molar-refractivity contribution in [2.45, 2.75) is 0 Å². The van der Waals surface area contributed by atoms with Crippen LogP contribution in [0.5, 0.6) is 0 Å². The Morgan fingerprint density at radius 1 is 1.12 bits per heavy atom. The molecule has 0 amide bonds. The van der Waals surface area contributed by atoms with Crippen molar-refractivity contribution in [3.8, 4) is 0 Å². The summed E-state index contributed by atoms with van der Waals surface area (Å²) in [5.74, 6) is -1.03. The molecule has 0 spiro atoms. The Bertz CT molecular complexity index is 471. The van der Waals surface area contributed by atoms with Crippen LogP contribution >= 0.6 is 31.9 Å². The normalized spacial score (nSPS) is 9.06. The monoisotopic (exact) mass is 358 g/mol. The van der Waals surface area contributed by atoms with Gasteiger partial charge >= 0.3 is 5.97 Å². The zero-order valence-electron chi connectivity index (χ0n) is 8.55. The number of halogens is 2.